The number of sulfonamides is 1. The third-order valence-corrected chi connectivity index (χ3v) is 2.45. The van der Waals surface area contributed by atoms with E-state index < -0.39 is 10.0 Å². The molecule has 0 spiro atoms. The highest BCUT2D eigenvalue weighted by atomic mass is 32.2. The summed E-state index contributed by atoms with van der Waals surface area (Å²) in [6, 6.07) is 0.187. The van der Waals surface area contributed by atoms with E-state index in [0.29, 0.717) is 13.0 Å². The van der Waals surface area contributed by atoms with Gasteiger partial charge >= 0.3 is 0 Å². The molecule has 1 atom stereocenters. The second kappa shape index (κ2) is 5.97. The zero-order valence-electron chi connectivity index (χ0n) is 7.79. The van der Waals surface area contributed by atoms with Gasteiger partial charge in [-0.15, -0.1) is 12.3 Å². The van der Waals surface area contributed by atoms with Gasteiger partial charge in [0.2, 0.25) is 10.0 Å². The lowest BCUT2D eigenvalue weighted by Crippen LogP contribution is -2.34. The molecule has 0 aromatic carbocycles. The molecular formula is C8H16N2O2S. The average molecular weight is 204 g/mol. The summed E-state index contributed by atoms with van der Waals surface area (Å²) in [4.78, 5) is 0. The zero-order chi connectivity index (χ0) is 10.3. The number of nitrogens with two attached hydrogens (primary N) is 1. The van der Waals surface area contributed by atoms with Crippen LogP contribution in [0.4, 0.5) is 0 Å². The fraction of sp³-hybridized carbons (Fsp3) is 0.750. The lowest BCUT2D eigenvalue weighted by Gasteiger charge is -2.12. The van der Waals surface area contributed by atoms with Crippen LogP contribution in [0.5, 0.6) is 0 Å². The van der Waals surface area contributed by atoms with Crippen LogP contribution >= 0.6 is 0 Å². The van der Waals surface area contributed by atoms with E-state index in [0.717, 1.165) is 6.42 Å². The van der Waals surface area contributed by atoms with Gasteiger partial charge in [0.1, 0.15) is 0 Å². The van der Waals surface area contributed by atoms with Crippen LogP contribution in [0.2, 0.25) is 0 Å². The van der Waals surface area contributed by atoms with Crippen LogP contribution in [0.25, 0.3) is 0 Å². The number of hydrogen-bond acceptors (Lipinski definition) is 3. The van der Waals surface area contributed by atoms with Gasteiger partial charge in [-0.3, -0.25) is 0 Å². The summed E-state index contributed by atoms with van der Waals surface area (Å²) >= 11 is 0. The maximum absolute atomic E-state index is 10.6. The summed E-state index contributed by atoms with van der Waals surface area (Å²) in [5.41, 5.74) is 0. The van der Waals surface area contributed by atoms with E-state index in [2.05, 4.69) is 11.2 Å². The molecule has 0 aliphatic heterocycles. The van der Waals surface area contributed by atoms with Crippen molar-refractivity contribution < 1.29 is 8.42 Å². The second-order valence-corrected chi connectivity index (χ2v) is 4.57. The number of terminal acetylenes is 1. The van der Waals surface area contributed by atoms with E-state index >= 15 is 0 Å². The van der Waals surface area contributed by atoms with Gasteiger partial charge in [-0.25, -0.2) is 13.6 Å². The highest BCUT2D eigenvalue weighted by Crippen LogP contribution is 1.94. The molecule has 4 nitrogen and oxygen atoms in total. The molecule has 0 saturated carbocycles. The Kier molecular flexibility index (Phi) is 5.71. The van der Waals surface area contributed by atoms with Crippen molar-refractivity contribution in [2.75, 3.05) is 12.3 Å². The van der Waals surface area contributed by atoms with Gasteiger partial charge in [0.25, 0.3) is 0 Å². The molecule has 76 valence electrons. The SMILES string of the molecule is C#CCC(CC)NCCS(N)(=O)=O. The third kappa shape index (κ3) is 7.78. The first-order chi connectivity index (χ1) is 5.99. The van der Waals surface area contributed by atoms with Crippen molar-refractivity contribution >= 4 is 10.0 Å². The number of primary sulfonamides is 1. The molecule has 0 bridgehead atoms. The third-order valence-electron chi connectivity index (χ3n) is 1.68. The van der Waals surface area contributed by atoms with Crippen LogP contribution < -0.4 is 10.5 Å². The molecule has 0 amide bonds. The summed E-state index contributed by atoms with van der Waals surface area (Å²) in [5.74, 6) is 2.48. The first-order valence-electron chi connectivity index (χ1n) is 4.17. The van der Waals surface area contributed by atoms with E-state index in [1.54, 1.807) is 0 Å². The van der Waals surface area contributed by atoms with E-state index in [9.17, 15) is 8.42 Å². The highest BCUT2D eigenvalue weighted by molar-refractivity contribution is 7.89. The molecule has 13 heavy (non-hydrogen) atoms. The van der Waals surface area contributed by atoms with Crippen molar-refractivity contribution in [3.05, 3.63) is 0 Å². The Morgan fingerprint density at radius 3 is 2.62 bits per heavy atom. The highest BCUT2D eigenvalue weighted by Gasteiger charge is 2.06. The molecule has 0 rings (SSSR count). The van der Waals surface area contributed by atoms with Crippen molar-refractivity contribution in [2.45, 2.75) is 25.8 Å². The van der Waals surface area contributed by atoms with Crippen LogP contribution in [0.1, 0.15) is 19.8 Å². The van der Waals surface area contributed by atoms with Gasteiger partial charge in [0, 0.05) is 19.0 Å². The molecule has 0 aliphatic carbocycles. The van der Waals surface area contributed by atoms with Gasteiger partial charge in [-0.2, -0.15) is 0 Å². The van der Waals surface area contributed by atoms with E-state index in [1.807, 2.05) is 6.92 Å². The molecule has 3 N–H and O–H groups in total. The molecule has 0 saturated heterocycles. The van der Waals surface area contributed by atoms with Crippen LogP contribution in [-0.2, 0) is 10.0 Å². The second-order valence-electron chi connectivity index (χ2n) is 2.83. The monoisotopic (exact) mass is 204 g/mol. The molecule has 1 unspecified atom stereocenters. The minimum Gasteiger partial charge on any atom is -0.312 e. The van der Waals surface area contributed by atoms with E-state index in [-0.39, 0.29) is 11.8 Å². The van der Waals surface area contributed by atoms with Gasteiger partial charge in [-0.05, 0) is 6.42 Å². The number of nitrogens with one attached hydrogen (secondary N) is 1. The Hall–Kier alpha value is -0.570. The molecular weight excluding hydrogens is 188 g/mol. The van der Waals surface area contributed by atoms with Crippen molar-refractivity contribution in [2.24, 2.45) is 5.14 Å². The Morgan fingerprint density at radius 1 is 1.62 bits per heavy atom. The van der Waals surface area contributed by atoms with Crippen molar-refractivity contribution in [3.8, 4) is 12.3 Å². The van der Waals surface area contributed by atoms with Gasteiger partial charge in [0.05, 0.1) is 5.75 Å². The Morgan fingerprint density at radius 2 is 2.23 bits per heavy atom. The first-order valence-corrected chi connectivity index (χ1v) is 5.88. The van der Waals surface area contributed by atoms with Crippen LogP contribution in [0, 0.1) is 12.3 Å². The standard InChI is InChI=1S/C8H16N2O2S/c1-3-5-8(4-2)10-6-7-13(9,11)12/h1,8,10H,4-7H2,2H3,(H2,9,11,12). The van der Waals surface area contributed by atoms with Crippen molar-refractivity contribution in [1.29, 1.82) is 0 Å². The minimum absolute atomic E-state index is 0.0475. The largest absolute Gasteiger partial charge is 0.312 e. The molecule has 0 radical (unpaired) electrons. The fourth-order valence-corrected chi connectivity index (χ4v) is 1.31. The first kappa shape index (κ1) is 12.4. The number of rotatable bonds is 6. The maximum atomic E-state index is 10.6. The van der Waals surface area contributed by atoms with Crippen molar-refractivity contribution in [1.82, 2.24) is 5.32 Å². The summed E-state index contributed by atoms with van der Waals surface area (Å²) in [6.45, 7) is 2.35. The molecule has 0 aliphatic rings. The van der Waals surface area contributed by atoms with Gasteiger partial charge in [-0.1, -0.05) is 6.92 Å². The Bertz CT molecular complexity index is 266. The van der Waals surface area contributed by atoms with Crippen LogP contribution in [0.3, 0.4) is 0 Å². The van der Waals surface area contributed by atoms with E-state index in [4.69, 9.17) is 11.6 Å². The quantitative estimate of drug-likeness (QED) is 0.582. The number of hydrogen-bond donors (Lipinski definition) is 2. The van der Waals surface area contributed by atoms with Gasteiger partial charge in [0.15, 0.2) is 0 Å². The molecule has 5 heteroatoms. The molecule has 0 fully saturated rings. The smallest absolute Gasteiger partial charge is 0.210 e. The summed E-state index contributed by atoms with van der Waals surface area (Å²) < 4.78 is 21.1. The van der Waals surface area contributed by atoms with E-state index in [1.165, 1.54) is 0 Å². The Balaban J connectivity index is 3.69. The molecule has 0 aromatic rings. The van der Waals surface area contributed by atoms with Crippen LogP contribution in [0.15, 0.2) is 0 Å². The fourth-order valence-electron chi connectivity index (χ4n) is 0.908. The van der Waals surface area contributed by atoms with Crippen LogP contribution in [-0.4, -0.2) is 26.8 Å². The lowest BCUT2D eigenvalue weighted by molar-refractivity contribution is 0.519. The maximum Gasteiger partial charge on any atom is 0.210 e. The minimum atomic E-state index is -3.36. The predicted octanol–water partition coefficient (Wildman–Crippen LogP) is -0.334. The Labute approximate surface area is 79.9 Å². The summed E-state index contributed by atoms with van der Waals surface area (Å²) in [5, 5.41) is 7.85. The normalized spacial score (nSPS) is 13.6. The predicted molar refractivity (Wildman–Crippen MR) is 53.5 cm³/mol. The average Bonchev–Trinajstić information content (AvgIpc) is 2.01. The zero-order valence-corrected chi connectivity index (χ0v) is 8.60. The topological polar surface area (TPSA) is 72.2 Å². The van der Waals surface area contributed by atoms with Gasteiger partial charge < -0.3 is 5.32 Å². The molecule has 0 aromatic heterocycles. The summed E-state index contributed by atoms with van der Waals surface area (Å²) in [6.07, 6.45) is 6.63. The molecule has 0 heterocycles. The summed E-state index contributed by atoms with van der Waals surface area (Å²) in [7, 11) is -3.36. The lowest BCUT2D eigenvalue weighted by atomic mass is 10.1. The van der Waals surface area contributed by atoms with Crippen molar-refractivity contribution in [3.63, 3.8) is 0 Å².